The van der Waals surface area contributed by atoms with Crippen molar-refractivity contribution in [1.82, 2.24) is 14.7 Å². The summed E-state index contributed by atoms with van der Waals surface area (Å²) in [7, 11) is 0. The summed E-state index contributed by atoms with van der Waals surface area (Å²) in [4.78, 5) is 14.4. The van der Waals surface area contributed by atoms with E-state index in [1.807, 2.05) is 53.0 Å². The number of hydrogen-bond acceptors (Lipinski definition) is 3. The highest BCUT2D eigenvalue weighted by Gasteiger charge is 2.25. The Morgan fingerprint density at radius 3 is 2.57 bits per heavy atom. The molecule has 1 fully saturated rings. The second kappa shape index (κ2) is 6.96. The van der Waals surface area contributed by atoms with E-state index in [0.717, 1.165) is 37.1 Å². The molecule has 0 radical (unpaired) electrons. The zero-order valence-electron chi connectivity index (χ0n) is 13.4. The van der Waals surface area contributed by atoms with Crippen molar-refractivity contribution in [3.8, 4) is 0 Å². The fourth-order valence-corrected chi connectivity index (χ4v) is 3.10. The van der Waals surface area contributed by atoms with E-state index in [4.69, 9.17) is 0 Å². The van der Waals surface area contributed by atoms with Gasteiger partial charge in [-0.05, 0) is 49.4 Å². The van der Waals surface area contributed by atoms with Crippen LogP contribution < -0.4 is 0 Å². The second-order valence-corrected chi connectivity index (χ2v) is 6.27. The molecule has 3 rings (SSSR count). The third-order valence-corrected chi connectivity index (χ3v) is 4.61. The molecule has 1 saturated heterocycles. The van der Waals surface area contributed by atoms with Crippen LogP contribution in [0.5, 0.6) is 0 Å². The summed E-state index contributed by atoms with van der Waals surface area (Å²) in [5, 5.41) is 13.8. The molecule has 0 bridgehead atoms. The highest BCUT2D eigenvalue weighted by molar-refractivity contribution is 5.94. The van der Waals surface area contributed by atoms with Gasteiger partial charge in [-0.3, -0.25) is 9.48 Å². The van der Waals surface area contributed by atoms with Crippen molar-refractivity contribution >= 4 is 5.91 Å². The van der Waals surface area contributed by atoms with E-state index in [1.54, 1.807) is 6.20 Å². The van der Waals surface area contributed by atoms with Crippen LogP contribution in [0.25, 0.3) is 0 Å². The van der Waals surface area contributed by atoms with Crippen LogP contribution in [0.1, 0.15) is 35.7 Å². The van der Waals surface area contributed by atoms with Gasteiger partial charge in [0.2, 0.25) is 0 Å². The monoisotopic (exact) mass is 313 g/mol. The lowest BCUT2D eigenvalue weighted by atomic mass is 9.92. The van der Waals surface area contributed by atoms with Gasteiger partial charge in [-0.2, -0.15) is 5.10 Å². The molecule has 1 atom stereocenters. The molecule has 23 heavy (non-hydrogen) atoms. The quantitative estimate of drug-likeness (QED) is 0.941. The Morgan fingerprint density at radius 2 is 2.00 bits per heavy atom. The molecule has 2 heterocycles. The molecule has 0 spiro atoms. The SMILES string of the molecule is CC(O)C1CCN(C(=O)c2ccc(Cn3cccn3)cc2)CC1. The first-order valence-corrected chi connectivity index (χ1v) is 8.17. The number of amides is 1. The second-order valence-electron chi connectivity index (χ2n) is 6.27. The van der Waals surface area contributed by atoms with Crippen molar-refractivity contribution in [2.45, 2.75) is 32.4 Å². The smallest absolute Gasteiger partial charge is 0.253 e. The highest BCUT2D eigenvalue weighted by Crippen LogP contribution is 2.22. The molecule has 0 aliphatic carbocycles. The van der Waals surface area contributed by atoms with Gasteiger partial charge in [-0.15, -0.1) is 0 Å². The highest BCUT2D eigenvalue weighted by atomic mass is 16.3. The Bertz CT molecular complexity index is 627. The normalized spacial score (nSPS) is 17.2. The molecule has 2 aromatic rings. The molecule has 1 unspecified atom stereocenters. The van der Waals surface area contributed by atoms with E-state index in [-0.39, 0.29) is 12.0 Å². The Morgan fingerprint density at radius 1 is 1.30 bits per heavy atom. The molecular formula is C18H23N3O2. The summed E-state index contributed by atoms with van der Waals surface area (Å²) in [5.74, 6) is 0.398. The van der Waals surface area contributed by atoms with Gasteiger partial charge in [0.05, 0.1) is 12.6 Å². The topological polar surface area (TPSA) is 58.4 Å². The van der Waals surface area contributed by atoms with Crippen LogP contribution in [0.2, 0.25) is 0 Å². The van der Waals surface area contributed by atoms with Gasteiger partial charge in [0, 0.05) is 31.0 Å². The average Bonchev–Trinajstić information content (AvgIpc) is 3.08. The third-order valence-electron chi connectivity index (χ3n) is 4.61. The van der Waals surface area contributed by atoms with Crippen molar-refractivity contribution < 1.29 is 9.90 Å². The molecule has 1 N–H and O–H groups in total. The van der Waals surface area contributed by atoms with Crippen molar-refractivity contribution in [3.63, 3.8) is 0 Å². The van der Waals surface area contributed by atoms with Crippen LogP contribution in [-0.4, -0.2) is 44.9 Å². The minimum Gasteiger partial charge on any atom is -0.393 e. The van der Waals surface area contributed by atoms with Gasteiger partial charge in [0.15, 0.2) is 0 Å². The number of aliphatic hydroxyl groups excluding tert-OH is 1. The van der Waals surface area contributed by atoms with E-state index >= 15 is 0 Å². The maximum absolute atomic E-state index is 12.6. The van der Waals surface area contributed by atoms with E-state index in [2.05, 4.69) is 5.10 Å². The van der Waals surface area contributed by atoms with Gasteiger partial charge in [0.1, 0.15) is 0 Å². The Labute approximate surface area is 136 Å². The van der Waals surface area contributed by atoms with E-state index < -0.39 is 0 Å². The number of rotatable bonds is 4. The van der Waals surface area contributed by atoms with Gasteiger partial charge >= 0.3 is 0 Å². The largest absolute Gasteiger partial charge is 0.393 e. The molecule has 1 amide bonds. The fraction of sp³-hybridized carbons (Fsp3) is 0.444. The van der Waals surface area contributed by atoms with E-state index in [1.165, 1.54) is 0 Å². The average molecular weight is 313 g/mol. The lowest BCUT2D eigenvalue weighted by Crippen LogP contribution is -2.40. The number of aliphatic hydroxyl groups is 1. The molecule has 1 aliphatic rings. The number of hydrogen-bond donors (Lipinski definition) is 1. The van der Waals surface area contributed by atoms with Gasteiger partial charge in [-0.1, -0.05) is 12.1 Å². The fourth-order valence-electron chi connectivity index (χ4n) is 3.10. The molecule has 5 nitrogen and oxygen atoms in total. The van der Waals surface area contributed by atoms with Crippen molar-refractivity contribution in [1.29, 1.82) is 0 Å². The Kier molecular flexibility index (Phi) is 4.76. The standard InChI is InChI=1S/C18H23N3O2/c1-14(22)16-7-11-20(12-8-16)18(23)17-5-3-15(4-6-17)13-21-10-2-9-19-21/h2-6,9-10,14,16,22H,7-8,11-13H2,1H3. The maximum atomic E-state index is 12.6. The Balaban J connectivity index is 1.60. The summed E-state index contributed by atoms with van der Waals surface area (Å²) in [6.07, 6.45) is 5.15. The summed E-state index contributed by atoms with van der Waals surface area (Å²) < 4.78 is 1.86. The number of benzene rings is 1. The summed E-state index contributed by atoms with van der Waals surface area (Å²) >= 11 is 0. The Hall–Kier alpha value is -2.14. The van der Waals surface area contributed by atoms with Crippen LogP contribution in [0.3, 0.4) is 0 Å². The molecular weight excluding hydrogens is 290 g/mol. The first-order chi connectivity index (χ1) is 11.1. The van der Waals surface area contributed by atoms with Gasteiger partial charge < -0.3 is 10.0 Å². The molecule has 5 heteroatoms. The number of piperidine rings is 1. The lowest BCUT2D eigenvalue weighted by molar-refractivity contribution is 0.0521. The van der Waals surface area contributed by atoms with Crippen LogP contribution in [0.15, 0.2) is 42.7 Å². The van der Waals surface area contributed by atoms with Crippen molar-refractivity contribution in [3.05, 3.63) is 53.9 Å². The first kappa shape index (κ1) is 15.7. The third kappa shape index (κ3) is 3.79. The molecule has 1 aliphatic heterocycles. The van der Waals surface area contributed by atoms with Crippen LogP contribution in [-0.2, 0) is 6.54 Å². The van der Waals surface area contributed by atoms with Gasteiger partial charge in [0.25, 0.3) is 5.91 Å². The summed E-state index contributed by atoms with van der Waals surface area (Å²) in [6, 6.07) is 9.65. The molecule has 122 valence electrons. The summed E-state index contributed by atoms with van der Waals surface area (Å²) in [6.45, 7) is 3.99. The lowest BCUT2D eigenvalue weighted by Gasteiger charge is -2.33. The predicted octanol–water partition coefficient (Wildman–Crippen LogP) is 2.16. The number of aromatic nitrogens is 2. The van der Waals surface area contributed by atoms with Crippen molar-refractivity contribution in [2.75, 3.05) is 13.1 Å². The van der Waals surface area contributed by atoms with Crippen LogP contribution in [0, 0.1) is 5.92 Å². The van der Waals surface area contributed by atoms with Crippen LogP contribution in [0.4, 0.5) is 0 Å². The molecule has 0 saturated carbocycles. The minimum absolute atomic E-state index is 0.0830. The first-order valence-electron chi connectivity index (χ1n) is 8.17. The van der Waals surface area contributed by atoms with Crippen molar-refractivity contribution in [2.24, 2.45) is 5.92 Å². The van der Waals surface area contributed by atoms with Gasteiger partial charge in [-0.25, -0.2) is 0 Å². The van der Waals surface area contributed by atoms with Crippen LogP contribution >= 0.6 is 0 Å². The number of carbonyl (C=O) groups excluding carboxylic acids is 1. The zero-order valence-corrected chi connectivity index (χ0v) is 13.4. The zero-order chi connectivity index (χ0) is 16.2. The number of carbonyl (C=O) groups is 1. The minimum atomic E-state index is -0.283. The maximum Gasteiger partial charge on any atom is 0.253 e. The summed E-state index contributed by atoms with van der Waals surface area (Å²) in [5.41, 5.74) is 1.85. The number of likely N-dealkylation sites (tertiary alicyclic amines) is 1. The predicted molar refractivity (Wildman–Crippen MR) is 88.1 cm³/mol. The van der Waals surface area contributed by atoms with E-state index in [0.29, 0.717) is 12.5 Å². The number of nitrogens with zero attached hydrogens (tertiary/aromatic N) is 3. The molecule has 1 aromatic heterocycles. The molecule has 1 aromatic carbocycles. The van der Waals surface area contributed by atoms with E-state index in [9.17, 15) is 9.90 Å².